The lowest BCUT2D eigenvalue weighted by atomic mass is 9.97. The number of benzene rings is 1. The highest BCUT2D eigenvalue weighted by Crippen LogP contribution is 2.62. The van der Waals surface area contributed by atoms with E-state index in [9.17, 15) is 4.39 Å². The summed E-state index contributed by atoms with van der Waals surface area (Å²) in [6, 6.07) is 4.76. The minimum atomic E-state index is -0.259. The van der Waals surface area contributed by atoms with Crippen LogP contribution in [0.3, 0.4) is 0 Å². The van der Waals surface area contributed by atoms with Crippen molar-refractivity contribution in [3.63, 3.8) is 0 Å². The van der Waals surface area contributed by atoms with Gasteiger partial charge in [-0.1, -0.05) is 24.1 Å². The van der Waals surface area contributed by atoms with E-state index < -0.39 is 0 Å². The van der Waals surface area contributed by atoms with E-state index in [0.717, 1.165) is 11.8 Å². The summed E-state index contributed by atoms with van der Waals surface area (Å²) in [5, 5.41) is 0.429. The van der Waals surface area contributed by atoms with Crippen LogP contribution in [0.4, 0.5) is 4.39 Å². The number of rotatable bonds is 3. The van der Waals surface area contributed by atoms with Gasteiger partial charge in [0.1, 0.15) is 5.82 Å². The minimum absolute atomic E-state index is 0.0671. The van der Waals surface area contributed by atoms with Crippen LogP contribution in [0.25, 0.3) is 0 Å². The first-order valence-electron chi connectivity index (χ1n) is 6.13. The van der Waals surface area contributed by atoms with Gasteiger partial charge in [-0.15, -0.1) is 0 Å². The van der Waals surface area contributed by atoms with Gasteiger partial charge < -0.3 is 0 Å². The largest absolute Gasteiger partial charge is 0.271 e. The Labute approximate surface area is 105 Å². The normalized spacial score (nSPS) is 32.3. The minimum Gasteiger partial charge on any atom is -0.271 e. The van der Waals surface area contributed by atoms with Gasteiger partial charge in [-0.2, -0.15) is 0 Å². The molecule has 0 bridgehead atoms. The highest BCUT2D eigenvalue weighted by atomic mass is 35.5. The molecule has 1 aromatic carbocycles. The summed E-state index contributed by atoms with van der Waals surface area (Å²) in [4.78, 5) is 0. The Bertz CT molecular complexity index is 427. The number of hydrazine groups is 1. The van der Waals surface area contributed by atoms with Crippen LogP contribution in [0.15, 0.2) is 18.2 Å². The molecule has 4 heteroatoms. The smallest absolute Gasteiger partial charge is 0.129 e. The van der Waals surface area contributed by atoms with Crippen molar-refractivity contribution in [1.29, 1.82) is 0 Å². The number of hydrogen-bond donors (Lipinski definition) is 2. The maximum absolute atomic E-state index is 13.9. The lowest BCUT2D eigenvalue weighted by Gasteiger charge is -2.19. The molecule has 0 heterocycles. The molecule has 0 spiro atoms. The molecule has 1 aromatic rings. The SMILES string of the molecule is NNC(c1ccc(Cl)cc1F)C1C2CCCC21. The number of hydrogen-bond acceptors (Lipinski definition) is 2. The van der Waals surface area contributed by atoms with Gasteiger partial charge in [0.2, 0.25) is 0 Å². The van der Waals surface area contributed by atoms with Crippen molar-refractivity contribution < 1.29 is 4.39 Å². The number of halogens is 2. The lowest BCUT2D eigenvalue weighted by molar-refractivity contribution is 0.410. The van der Waals surface area contributed by atoms with Gasteiger partial charge in [-0.25, -0.2) is 4.39 Å². The van der Waals surface area contributed by atoms with E-state index in [1.807, 2.05) is 0 Å². The van der Waals surface area contributed by atoms with E-state index in [4.69, 9.17) is 17.4 Å². The second-order valence-corrected chi connectivity index (χ2v) is 5.58. The maximum atomic E-state index is 13.9. The quantitative estimate of drug-likeness (QED) is 0.643. The monoisotopic (exact) mass is 254 g/mol. The van der Waals surface area contributed by atoms with Crippen molar-refractivity contribution in [2.75, 3.05) is 0 Å². The highest BCUT2D eigenvalue weighted by molar-refractivity contribution is 6.30. The molecule has 92 valence electrons. The van der Waals surface area contributed by atoms with Crippen LogP contribution in [0.2, 0.25) is 5.02 Å². The van der Waals surface area contributed by atoms with Crippen LogP contribution >= 0.6 is 11.6 Å². The maximum Gasteiger partial charge on any atom is 0.129 e. The molecule has 3 atom stereocenters. The Hall–Kier alpha value is -0.640. The topological polar surface area (TPSA) is 38.0 Å². The summed E-state index contributed by atoms with van der Waals surface area (Å²) >= 11 is 5.76. The zero-order valence-electron chi connectivity index (χ0n) is 9.50. The Morgan fingerprint density at radius 3 is 2.65 bits per heavy atom. The summed E-state index contributed by atoms with van der Waals surface area (Å²) in [5.74, 6) is 7.34. The molecular formula is C13H16ClFN2. The van der Waals surface area contributed by atoms with Crippen molar-refractivity contribution in [3.8, 4) is 0 Å². The molecule has 0 saturated heterocycles. The molecule has 2 nitrogen and oxygen atoms in total. The Kier molecular flexibility index (Phi) is 2.85. The van der Waals surface area contributed by atoms with Crippen LogP contribution in [-0.2, 0) is 0 Å². The van der Waals surface area contributed by atoms with Crippen molar-refractivity contribution in [2.45, 2.75) is 25.3 Å². The van der Waals surface area contributed by atoms with Gasteiger partial charge >= 0.3 is 0 Å². The second kappa shape index (κ2) is 4.23. The fraction of sp³-hybridized carbons (Fsp3) is 0.538. The highest BCUT2D eigenvalue weighted by Gasteiger charge is 2.56. The van der Waals surface area contributed by atoms with Crippen molar-refractivity contribution in [3.05, 3.63) is 34.6 Å². The Morgan fingerprint density at radius 1 is 1.35 bits per heavy atom. The number of nitrogens with one attached hydrogen (secondary N) is 1. The molecule has 3 N–H and O–H groups in total. The zero-order chi connectivity index (χ0) is 12.0. The molecule has 0 radical (unpaired) electrons. The van der Waals surface area contributed by atoms with E-state index in [1.54, 1.807) is 12.1 Å². The third-order valence-corrected chi connectivity index (χ3v) is 4.57. The average molecular weight is 255 g/mol. The first kappa shape index (κ1) is 11.5. The predicted octanol–water partition coefficient (Wildman–Crippen LogP) is 3.03. The van der Waals surface area contributed by atoms with Crippen LogP contribution in [0.1, 0.15) is 30.9 Å². The van der Waals surface area contributed by atoms with Gasteiger partial charge in [0.25, 0.3) is 0 Å². The van der Waals surface area contributed by atoms with Crippen molar-refractivity contribution in [2.24, 2.45) is 23.6 Å². The first-order chi connectivity index (χ1) is 8.22. The molecule has 3 rings (SSSR count). The molecule has 2 fully saturated rings. The number of fused-ring (bicyclic) bond motifs is 1. The predicted molar refractivity (Wildman–Crippen MR) is 65.8 cm³/mol. The van der Waals surface area contributed by atoms with E-state index in [2.05, 4.69) is 5.43 Å². The van der Waals surface area contributed by atoms with Crippen molar-refractivity contribution >= 4 is 11.6 Å². The van der Waals surface area contributed by atoms with Gasteiger partial charge in [0.15, 0.2) is 0 Å². The Balaban J connectivity index is 1.85. The van der Waals surface area contributed by atoms with E-state index in [-0.39, 0.29) is 11.9 Å². The van der Waals surface area contributed by atoms with Gasteiger partial charge in [0.05, 0.1) is 6.04 Å². The first-order valence-corrected chi connectivity index (χ1v) is 6.51. The molecule has 0 amide bonds. The molecule has 2 aliphatic carbocycles. The summed E-state index contributed by atoms with van der Waals surface area (Å²) in [6.07, 6.45) is 3.84. The average Bonchev–Trinajstić information content (AvgIpc) is 2.77. The molecule has 3 unspecified atom stereocenters. The Morgan fingerprint density at radius 2 is 2.06 bits per heavy atom. The van der Waals surface area contributed by atoms with Gasteiger partial charge in [-0.3, -0.25) is 11.3 Å². The van der Waals surface area contributed by atoms with Crippen LogP contribution in [-0.4, -0.2) is 0 Å². The number of nitrogens with two attached hydrogens (primary N) is 1. The fourth-order valence-corrected chi connectivity index (χ4v) is 3.69. The standard InChI is InChI=1S/C13H16ClFN2/c14-7-4-5-10(11(15)6-7)13(17-16)12-8-2-1-3-9(8)12/h4-6,8-9,12-13,17H,1-3,16H2. The molecule has 0 aromatic heterocycles. The summed E-state index contributed by atoms with van der Waals surface area (Å²) in [6.45, 7) is 0. The molecular weight excluding hydrogens is 239 g/mol. The van der Waals surface area contributed by atoms with E-state index in [0.29, 0.717) is 16.5 Å². The van der Waals surface area contributed by atoms with Gasteiger partial charge in [-0.05, 0) is 42.7 Å². The molecule has 2 aliphatic rings. The van der Waals surface area contributed by atoms with Crippen molar-refractivity contribution in [1.82, 2.24) is 5.43 Å². The summed E-state index contributed by atoms with van der Waals surface area (Å²) in [7, 11) is 0. The van der Waals surface area contributed by atoms with Crippen LogP contribution in [0.5, 0.6) is 0 Å². The summed E-state index contributed by atoms with van der Waals surface area (Å²) < 4.78 is 13.9. The lowest BCUT2D eigenvalue weighted by Crippen LogP contribution is -2.31. The molecule has 0 aliphatic heterocycles. The van der Waals surface area contributed by atoms with E-state index in [1.165, 1.54) is 25.3 Å². The third kappa shape index (κ3) is 1.86. The van der Waals surface area contributed by atoms with Crippen LogP contribution in [0, 0.1) is 23.6 Å². The zero-order valence-corrected chi connectivity index (χ0v) is 10.3. The molecule has 17 heavy (non-hydrogen) atoms. The van der Waals surface area contributed by atoms with Crippen LogP contribution < -0.4 is 11.3 Å². The second-order valence-electron chi connectivity index (χ2n) is 5.15. The van der Waals surface area contributed by atoms with E-state index >= 15 is 0 Å². The third-order valence-electron chi connectivity index (χ3n) is 4.33. The fourth-order valence-electron chi connectivity index (χ4n) is 3.53. The van der Waals surface area contributed by atoms with Gasteiger partial charge in [0, 0.05) is 10.6 Å². The summed E-state index contributed by atoms with van der Waals surface area (Å²) in [5.41, 5.74) is 3.44. The molecule has 2 saturated carbocycles.